The van der Waals surface area contributed by atoms with Crippen LogP contribution in [0, 0.1) is 5.92 Å². The van der Waals surface area contributed by atoms with Crippen LogP contribution < -0.4 is 0 Å². The predicted molar refractivity (Wildman–Crippen MR) is 73.3 cm³/mol. The average molecular weight is 278 g/mol. The van der Waals surface area contributed by atoms with Crippen LogP contribution in [0.1, 0.15) is 26.2 Å². The molecule has 0 aliphatic carbocycles. The van der Waals surface area contributed by atoms with Crippen LogP contribution in [0.15, 0.2) is 8.73 Å². The molecule has 0 aromatic heterocycles. The normalized spacial score (nSPS) is 46.0. The van der Waals surface area contributed by atoms with Crippen molar-refractivity contribution in [1.82, 2.24) is 0 Å². The molecule has 100 valence electrons. The van der Waals surface area contributed by atoms with Crippen molar-refractivity contribution in [3.63, 3.8) is 0 Å². The van der Waals surface area contributed by atoms with Gasteiger partial charge in [0.05, 0.1) is 21.5 Å². The summed E-state index contributed by atoms with van der Waals surface area (Å²) in [5.41, 5.74) is 0. The van der Waals surface area contributed by atoms with Crippen LogP contribution in [-0.2, 0) is 19.5 Å². The smallest absolute Gasteiger partial charge is 0.0636 e. The van der Waals surface area contributed by atoms with Crippen molar-refractivity contribution in [3.8, 4) is 0 Å². The largest absolute Gasteiger partial charge is 0.250 e. The highest BCUT2D eigenvalue weighted by atomic mass is 32.2. The molecule has 6 heteroatoms. The Balaban J connectivity index is 2.11. The molecule has 0 aromatic carbocycles. The van der Waals surface area contributed by atoms with E-state index in [0.29, 0.717) is 18.2 Å². The van der Waals surface area contributed by atoms with Crippen LogP contribution in [0.5, 0.6) is 0 Å². The summed E-state index contributed by atoms with van der Waals surface area (Å²) in [6.45, 7) is 2.62. The van der Waals surface area contributed by atoms with Crippen molar-refractivity contribution in [2.75, 3.05) is 30.9 Å². The Morgan fingerprint density at radius 1 is 1.24 bits per heavy atom. The molecule has 2 heterocycles. The molecule has 0 spiro atoms. The van der Waals surface area contributed by atoms with Crippen molar-refractivity contribution in [3.05, 3.63) is 0 Å². The number of nitrogens with zero attached hydrogens (tertiary/aromatic N) is 2. The SMILES string of the molecule is CN=S1(=O)CCCC1CN=S1(=O)CCC(C)C1. The van der Waals surface area contributed by atoms with Crippen LogP contribution in [-0.4, -0.2) is 44.5 Å². The number of hydrogen-bond acceptors (Lipinski definition) is 4. The molecule has 0 saturated carbocycles. The molecule has 0 amide bonds. The lowest BCUT2D eigenvalue weighted by atomic mass is 10.2. The number of rotatable bonds is 2. The minimum Gasteiger partial charge on any atom is -0.250 e. The highest BCUT2D eigenvalue weighted by molar-refractivity contribution is 7.95. The van der Waals surface area contributed by atoms with Crippen molar-refractivity contribution >= 4 is 19.5 Å². The first kappa shape index (κ1) is 13.3. The Morgan fingerprint density at radius 3 is 2.59 bits per heavy atom. The van der Waals surface area contributed by atoms with Gasteiger partial charge in [-0.1, -0.05) is 6.92 Å². The predicted octanol–water partition coefficient (Wildman–Crippen LogP) is 1.75. The maximum absolute atomic E-state index is 12.4. The van der Waals surface area contributed by atoms with Gasteiger partial charge >= 0.3 is 0 Å². The van der Waals surface area contributed by atoms with Gasteiger partial charge in [0.1, 0.15) is 0 Å². The van der Waals surface area contributed by atoms with Crippen LogP contribution in [0.3, 0.4) is 0 Å². The molecule has 2 saturated heterocycles. The quantitative estimate of drug-likeness (QED) is 0.772. The van der Waals surface area contributed by atoms with Crippen LogP contribution in [0.4, 0.5) is 0 Å². The maximum Gasteiger partial charge on any atom is 0.0636 e. The summed E-state index contributed by atoms with van der Waals surface area (Å²) in [5.74, 6) is 2.67. The molecule has 0 N–H and O–H groups in total. The molecule has 4 unspecified atom stereocenters. The van der Waals surface area contributed by atoms with E-state index in [1.165, 1.54) is 0 Å². The van der Waals surface area contributed by atoms with Gasteiger partial charge in [-0.3, -0.25) is 0 Å². The molecule has 4 nitrogen and oxygen atoms in total. The van der Waals surface area contributed by atoms with E-state index >= 15 is 0 Å². The Kier molecular flexibility index (Phi) is 3.83. The maximum atomic E-state index is 12.4. The lowest BCUT2D eigenvalue weighted by Gasteiger charge is -2.11. The molecule has 2 rings (SSSR count). The van der Waals surface area contributed by atoms with Crippen molar-refractivity contribution in [2.24, 2.45) is 14.6 Å². The van der Waals surface area contributed by atoms with E-state index in [4.69, 9.17) is 0 Å². The monoisotopic (exact) mass is 278 g/mol. The van der Waals surface area contributed by atoms with Crippen LogP contribution >= 0.6 is 0 Å². The van der Waals surface area contributed by atoms with E-state index in [-0.39, 0.29) is 5.25 Å². The van der Waals surface area contributed by atoms with E-state index in [1.54, 1.807) is 7.05 Å². The second-order valence-corrected chi connectivity index (χ2v) is 10.6. The first-order valence-corrected chi connectivity index (χ1v) is 9.87. The molecule has 0 radical (unpaired) electrons. The fraction of sp³-hybridized carbons (Fsp3) is 1.00. The summed E-state index contributed by atoms with van der Waals surface area (Å²) >= 11 is 0. The summed E-state index contributed by atoms with van der Waals surface area (Å²) in [6.07, 6.45) is 2.90. The summed E-state index contributed by atoms with van der Waals surface area (Å²) in [7, 11) is -2.41. The van der Waals surface area contributed by atoms with Gasteiger partial charge in [0.15, 0.2) is 0 Å². The zero-order valence-electron chi connectivity index (χ0n) is 10.6. The zero-order chi connectivity index (χ0) is 12.5. The van der Waals surface area contributed by atoms with Crippen molar-refractivity contribution in [1.29, 1.82) is 0 Å². The number of hydrogen-bond donors (Lipinski definition) is 0. The fourth-order valence-electron chi connectivity index (χ4n) is 2.65. The molecule has 2 aliphatic heterocycles. The molecule has 2 fully saturated rings. The van der Waals surface area contributed by atoms with Gasteiger partial charge in [-0.15, -0.1) is 0 Å². The second kappa shape index (κ2) is 4.88. The first-order chi connectivity index (χ1) is 7.97. The van der Waals surface area contributed by atoms with E-state index in [2.05, 4.69) is 15.6 Å². The standard InChI is InChI=1S/C11H22N2O2S2/c1-10-5-7-16(14,9-10)13-8-11-4-3-6-17(11,15)12-2/h10-11H,3-9H2,1-2H3. The molecular weight excluding hydrogens is 256 g/mol. The Morgan fingerprint density at radius 2 is 2.00 bits per heavy atom. The van der Waals surface area contributed by atoms with E-state index in [9.17, 15) is 8.42 Å². The summed E-state index contributed by atoms with van der Waals surface area (Å²) in [6, 6.07) is 0. The topological polar surface area (TPSA) is 58.9 Å². The van der Waals surface area contributed by atoms with Crippen LogP contribution in [0.25, 0.3) is 0 Å². The van der Waals surface area contributed by atoms with Crippen molar-refractivity contribution < 1.29 is 8.42 Å². The molecule has 4 atom stereocenters. The molecule has 0 aromatic rings. The Hall–Kier alpha value is -0.100. The van der Waals surface area contributed by atoms with Gasteiger partial charge in [-0.2, -0.15) is 0 Å². The fourth-order valence-corrected chi connectivity index (χ4v) is 7.66. The van der Waals surface area contributed by atoms with Crippen LogP contribution in [0.2, 0.25) is 0 Å². The summed E-state index contributed by atoms with van der Waals surface area (Å²) < 4.78 is 33.2. The van der Waals surface area contributed by atoms with Gasteiger partial charge in [0.2, 0.25) is 0 Å². The molecule has 17 heavy (non-hydrogen) atoms. The average Bonchev–Trinajstić information content (AvgIpc) is 2.82. The second-order valence-electron chi connectivity index (χ2n) is 5.19. The third-order valence-electron chi connectivity index (χ3n) is 3.78. The lowest BCUT2D eigenvalue weighted by molar-refractivity contribution is 0.659. The Labute approximate surface area is 105 Å². The third kappa shape index (κ3) is 2.84. The van der Waals surface area contributed by atoms with Gasteiger partial charge in [-0.05, 0) is 25.2 Å². The minimum absolute atomic E-state index is 0.0433. The van der Waals surface area contributed by atoms with Gasteiger partial charge in [0.25, 0.3) is 0 Å². The van der Waals surface area contributed by atoms with Gasteiger partial charge in [0, 0.05) is 34.0 Å². The van der Waals surface area contributed by atoms with E-state index in [1.807, 2.05) is 0 Å². The van der Waals surface area contributed by atoms with Gasteiger partial charge < -0.3 is 0 Å². The van der Waals surface area contributed by atoms with E-state index < -0.39 is 19.5 Å². The highest BCUT2D eigenvalue weighted by Crippen LogP contribution is 2.25. The third-order valence-corrected chi connectivity index (χ3v) is 9.28. The molecule has 2 aliphatic rings. The summed E-state index contributed by atoms with van der Waals surface area (Å²) in [5, 5.41) is 0.0433. The minimum atomic E-state index is -2.06. The Bertz CT molecular complexity index is 512. The molecule has 0 bridgehead atoms. The first-order valence-electron chi connectivity index (χ1n) is 6.27. The van der Waals surface area contributed by atoms with E-state index in [0.717, 1.165) is 30.8 Å². The van der Waals surface area contributed by atoms with Gasteiger partial charge in [-0.25, -0.2) is 17.1 Å². The lowest BCUT2D eigenvalue weighted by Crippen LogP contribution is -2.20. The summed E-state index contributed by atoms with van der Waals surface area (Å²) in [4.78, 5) is 0. The zero-order valence-corrected chi connectivity index (χ0v) is 12.3. The molecular formula is C11H22N2O2S2. The van der Waals surface area contributed by atoms with Crippen molar-refractivity contribution in [2.45, 2.75) is 31.4 Å². The highest BCUT2D eigenvalue weighted by Gasteiger charge is 2.30.